The third-order valence-electron chi connectivity index (χ3n) is 2.17. The third-order valence-corrected chi connectivity index (χ3v) is 3.54. The lowest BCUT2D eigenvalue weighted by Gasteiger charge is -2.25. The van der Waals surface area contributed by atoms with E-state index < -0.39 is 5.54 Å². The van der Waals surface area contributed by atoms with Gasteiger partial charge in [-0.25, -0.2) is 0 Å². The molecule has 0 aromatic heterocycles. The van der Waals surface area contributed by atoms with Gasteiger partial charge in [-0.2, -0.15) is 0 Å². The fourth-order valence-electron chi connectivity index (χ4n) is 1.30. The second-order valence-corrected chi connectivity index (χ2v) is 5.62. The molecule has 0 aliphatic rings. The molecule has 1 rings (SSSR count). The van der Waals surface area contributed by atoms with Crippen molar-refractivity contribution in [1.82, 2.24) is 0 Å². The number of hydrogen-bond acceptors (Lipinski definition) is 2. The van der Waals surface area contributed by atoms with Crippen molar-refractivity contribution in [1.29, 1.82) is 0 Å². The van der Waals surface area contributed by atoms with Crippen LogP contribution in [0.5, 0.6) is 0 Å². The van der Waals surface area contributed by atoms with Gasteiger partial charge in [-0.1, -0.05) is 15.9 Å². The topological polar surface area (TPSA) is 46.2 Å². The quantitative estimate of drug-likeness (QED) is 0.804. The molecule has 0 saturated heterocycles. The molecule has 0 aliphatic carbocycles. The third kappa shape index (κ3) is 2.92. The normalized spacial score (nSPS) is 15.2. The Morgan fingerprint density at radius 1 is 1.57 bits per heavy atom. The van der Waals surface area contributed by atoms with E-state index in [1.807, 2.05) is 25.1 Å². The lowest BCUT2D eigenvalue weighted by Crippen LogP contribution is -2.34. The van der Waals surface area contributed by atoms with Crippen molar-refractivity contribution < 1.29 is 5.11 Å². The van der Waals surface area contributed by atoms with E-state index in [1.165, 1.54) is 0 Å². The van der Waals surface area contributed by atoms with Crippen LogP contribution in [-0.2, 0) is 5.54 Å². The molecule has 1 atom stereocenters. The molecule has 0 amide bonds. The minimum absolute atomic E-state index is 0.102. The molecule has 0 aliphatic heterocycles. The number of benzene rings is 1. The van der Waals surface area contributed by atoms with Gasteiger partial charge in [0.05, 0.1) is 0 Å². The Morgan fingerprint density at radius 3 is 2.79 bits per heavy atom. The summed E-state index contributed by atoms with van der Waals surface area (Å²) in [6.07, 6.45) is 0.561. The summed E-state index contributed by atoms with van der Waals surface area (Å²) in [4.78, 5) is 0. The van der Waals surface area contributed by atoms with Crippen molar-refractivity contribution in [3.63, 3.8) is 0 Å². The number of hydrogen-bond donors (Lipinski definition) is 2. The predicted molar refractivity (Wildman–Crippen MR) is 70.1 cm³/mol. The van der Waals surface area contributed by atoms with Crippen molar-refractivity contribution in [2.45, 2.75) is 18.9 Å². The van der Waals surface area contributed by atoms with E-state index >= 15 is 0 Å². The van der Waals surface area contributed by atoms with Crippen LogP contribution >= 0.6 is 38.5 Å². The average Bonchev–Trinajstić information content (AvgIpc) is 2.09. The second kappa shape index (κ2) is 4.92. The Labute approximate surface area is 106 Å². The van der Waals surface area contributed by atoms with E-state index in [1.54, 1.807) is 0 Å². The highest BCUT2D eigenvalue weighted by atomic mass is 127. The summed E-state index contributed by atoms with van der Waals surface area (Å²) in [7, 11) is 0. The Morgan fingerprint density at radius 2 is 2.21 bits per heavy atom. The minimum atomic E-state index is -0.477. The molecular formula is C10H13BrINO. The lowest BCUT2D eigenvalue weighted by atomic mass is 9.90. The molecule has 0 bridgehead atoms. The van der Waals surface area contributed by atoms with E-state index in [0.29, 0.717) is 6.42 Å². The largest absolute Gasteiger partial charge is 0.396 e. The molecule has 1 aromatic rings. The standard InChI is InChI=1S/C10H13BrINO/c1-10(13,4-5-14)8-6-7(12)2-3-9(8)11/h2-3,6,14H,4-5,13H2,1H3/t10-/m1/s1. The van der Waals surface area contributed by atoms with Crippen LogP contribution in [0.15, 0.2) is 22.7 Å². The zero-order chi connectivity index (χ0) is 10.8. The van der Waals surface area contributed by atoms with Crippen LogP contribution in [0.2, 0.25) is 0 Å². The van der Waals surface area contributed by atoms with E-state index in [-0.39, 0.29) is 6.61 Å². The molecule has 0 unspecified atom stereocenters. The number of aliphatic hydroxyl groups excluding tert-OH is 1. The molecule has 0 heterocycles. The summed E-state index contributed by atoms with van der Waals surface area (Å²) in [6.45, 7) is 2.03. The summed E-state index contributed by atoms with van der Waals surface area (Å²) in [5, 5.41) is 8.93. The van der Waals surface area contributed by atoms with Crippen LogP contribution in [0.1, 0.15) is 18.9 Å². The summed E-state index contributed by atoms with van der Waals surface area (Å²) >= 11 is 5.72. The predicted octanol–water partition coefficient (Wildman–Crippen LogP) is 2.61. The number of aliphatic hydroxyl groups is 1. The fraction of sp³-hybridized carbons (Fsp3) is 0.400. The maximum Gasteiger partial charge on any atom is 0.0451 e. The molecular weight excluding hydrogens is 357 g/mol. The van der Waals surface area contributed by atoms with Crippen LogP contribution < -0.4 is 5.73 Å². The molecule has 0 radical (unpaired) electrons. The van der Waals surface area contributed by atoms with Crippen molar-refractivity contribution in [3.05, 3.63) is 31.8 Å². The number of nitrogens with two attached hydrogens (primary N) is 1. The van der Waals surface area contributed by atoms with E-state index in [2.05, 4.69) is 38.5 Å². The van der Waals surface area contributed by atoms with Crippen LogP contribution in [0.3, 0.4) is 0 Å². The highest BCUT2D eigenvalue weighted by molar-refractivity contribution is 14.1. The van der Waals surface area contributed by atoms with Gasteiger partial charge in [-0.3, -0.25) is 0 Å². The van der Waals surface area contributed by atoms with Gasteiger partial charge in [0.25, 0.3) is 0 Å². The number of halogens is 2. The van der Waals surface area contributed by atoms with Crippen molar-refractivity contribution in [2.24, 2.45) is 5.73 Å². The van der Waals surface area contributed by atoms with Crippen LogP contribution in [-0.4, -0.2) is 11.7 Å². The van der Waals surface area contributed by atoms with Gasteiger partial charge in [-0.15, -0.1) is 0 Å². The van der Waals surface area contributed by atoms with Gasteiger partial charge >= 0.3 is 0 Å². The molecule has 0 saturated carbocycles. The first-order chi connectivity index (χ1) is 6.47. The highest BCUT2D eigenvalue weighted by Crippen LogP contribution is 2.30. The van der Waals surface area contributed by atoms with E-state index in [4.69, 9.17) is 10.8 Å². The van der Waals surface area contributed by atoms with Gasteiger partial charge in [-0.05, 0) is 59.7 Å². The first-order valence-corrected chi connectivity index (χ1v) is 6.20. The molecule has 0 spiro atoms. The Bertz CT molecular complexity index is 328. The minimum Gasteiger partial charge on any atom is -0.396 e. The SMILES string of the molecule is C[C@@](N)(CCO)c1cc(I)ccc1Br. The maximum absolute atomic E-state index is 8.93. The van der Waals surface area contributed by atoms with Gasteiger partial charge in [0.15, 0.2) is 0 Å². The molecule has 0 fully saturated rings. The molecule has 4 heteroatoms. The Kier molecular flexibility index (Phi) is 4.36. The zero-order valence-corrected chi connectivity index (χ0v) is 11.7. The monoisotopic (exact) mass is 369 g/mol. The van der Waals surface area contributed by atoms with Gasteiger partial charge < -0.3 is 10.8 Å². The molecule has 3 N–H and O–H groups in total. The van der Waals surface area contributed by atoms with Crippen LogP contribution in [0.25, 0.3) is 0 Å². The average molecular weight is 370 g/mol. The van der Waals surface area contributed by atoms with Gasteiger partial charge in [0.1, 0.15) is 0 Å². The van der Waals surface area contributed by atoms with E-state index in [9.17, 15) is 0 Å². The maximum atomic E-state index is 8.93. The van der Waals surface area contributed by atoms with Crippen LogP contribution in [0, 0.1) is 3.57 Å². The first kappa shape index (κ1) is 12.4. The molecule has 2 nitrogen and oxygen atoms in total. The summed E-state index contributed by atoms with van der Waals surface area (Å²) in [6, 6.07) is 6.04. The molecule has 1 aromatic carbocycles. The van der Waals surface area contributed by atoms with Gasteiger partial charge in [0, 0.05) is 20.2 Å². The summed E-state index contributed by atoms with van der Waals surface area (Å²) in [5.74, 6) is 0. The van der Waals surface area contributed by atoms with E-state index in [0.717, 1.165) is 13.6 Å². The first-order valence-electron chi connectivity index (χ1n) is 4.32. The fourth-order valence-corrected chi connectivity index (χ4v) is 2.49. The van der Waals surface area contributed by atoms with Crippen molar-refractivity contribution in [2.75, 3.05) is 6.61 Å². The summed E-state index contributed by atoms with van der Waals surface area (Å²) in [5.41, 5.74) is 6.69. The summed E-state index contributed by atoms with van der Waals surface area (Å²) < 4.78 is 2.15. The van der Waals surface area contributed by atoms with Gasteiger partial charge in [0.2, 0.25) is 0 Å². The Hall–Kier alpha value is 0.350. The highest BCUT2D eigenvalue weighted by Gasteiger charge is 2.23. The number of rotatable bonds is 3. The van der Waals surface area contributed by atoms with Crippen molar-refractivity contribution in [3.8, 4) is 0 Å². The van der Waals surface area contributed by atoms with Crippen LogP contribution in [0.4, 0.5) is 0 Å². The zero-order valence-electron chi connectivity index (χ0n) is 7.93. The Balaban J connectivity index is 3.10. The smallest absolute Gasteiger partial charge is 0.0451 e. The second-order valence-electron chi connectivity index (χ2n) is 3.52. The molecule has 78 valence electrons. The lowest BCUT2D eigenvalue weighted by molar-refractivity contribution is 0.247. The van der Waals surface area contributed by atoms with Crippen molar-refractivity contribution >= 4 is 38.5 Å². The molecule has 14 heavy (non-hydrogen) atoms.